The van der Waals surface area contributed by atoms with Crippen molar-refractivity contribution in [2.75, 3.05) is 13.2 Å². The van der Waals surface area contributed by atoms with Crippen LogP contribution < -0.4 is 10.9 Å². The van der Waals surface area contributed by atoms with E-state index in [4.69, 9.17) is 9.26 Å². The molecule has 1 aliphatic rings. The number of aryl methyl sites for hydroxylation is 1. The van der Waals surface area contributed by atoms with Gasteiger partial charge in [-0.25, -0.2) is 0 Å². The third-order valence-electron chi connectivity index (χ3n) is 4.66. The van der Waals surface area contributed by atoms with Crippen LogP contribution in [-0.4, -0.2) is 34.2 Å². The predicted molar refractivity (Wildman–Crippen MR) is 93.9 cm³/mol. The molecule has 3 heterocycles. The molecule has 1 saturated heterocycles. The molecule has 0 saturated carbocycles. The first-order valence-corrected chi connectivity index (χ1v) is 8.87. The van der Waals surface area contributed by atoms with E-state index in [9.17, 15) is 9.59 Å². The van der Waals surface area contributed by atoms with E-state index in [1.807, 2.05) is 13.8 Å². The van der Waals surface area contributed by atoms with Gasteiger partial charge in [0.25, 0.3) is 11.5 Å². The van der Waals surface area contributed by atoms with Crippen molar-refractivity contribution in [1.29, 1.82) is 0 Å². The summed E-state index contributed by atoms with van der Waals surface area (Å²) in [7, 11) is 0. The standard InChI is InChI=1S/C18H24N4O4/c1-10(2)15-21-18(26-22-15)14(12-5-8-25-9-6-12)20-17(24)13-11(3)4-7-19-16(13)23/h4,7,10,12,14H,5-6,8-9H2,1-3H3,(H,19,23)(H,20,24). The molecule has 1 atom stereocenters. The first-order valence-electron chi connectivity index (χ1n) is 8.87. The molecule has 0 aromatic carbocycles. The summed E-state index contributed by atoms with van der Waals surface area (Å²) in [6.45, 7) is 6.92. The van der Waals surface area contributed by atoms with Crippen molar-refractivity contribution in [1.82, 2.24) is 20.4 Å². The molecule has 3 rings (SSSR count). The SMILES string of the molecule is Cc1cc[nH]c(=O)c1C(=O)NC(c1nc(C(C)C)no1)C1CCOCC1. The molecule has 0 aliphatic carbocycles. The lowest BCUT2D eigenvalue weighted by molar-refractivity contribution is 0.0467. The van der Waals surface area contributed by atoms with Crippen LogP contribution in [0.15, 0.2) is 21.6 Å². The highest BCUT2D eigenvalue weighted by molar-refractivity contribution is 5.95. The molecule has 8 heteroatoms. The molecule has 2 aromatic heterocycles. The van der Waals surface area contributed by atoms with Crippen molar-refractivity contribution < 1.29 is 14.1 Å². The number of amides is 1. The summed E-state index contributed by atoms with van der Waals surface area (Å²) in [5.41, 5.74) is 0.306. The van der Waals surface area contributed by atoms with Gasteiger partial charge in [0.05, 0.1) is 0 Å². The second-order valence-corrected chi connectivity index (χ2v) is 6.91. The summed E-state index contributed by atoms with van der Waals surface area (Å²) in [4.78, 5) is 31.9. The molecule has 1 aliphatic heterocycles. The van der Waals surface area contributed by atoms with Crippen molar-refractivity contribution in [2.24, 2.45) is 5.92 Å². The van der Waals surface area contributed by atoms with Crippen molar-refractivity contribution in [3.05, 3.63) is 45.5 Å². The van der Waals surface area contributed by atoms with Crippen molar-refractivity contribution in [3.63, 3.8) is 0 Å². The molecule has 2 aromatic rings. The number of aromatic nitrogens is 3. The Morgan fingerprint density at radius 2 is 2.08 bits per heavy atom. The van der Waals surface area contributed by atoms with Crippen LogP contribution >= 0.6 is 0 Å². The van der Waals surface area contributed by atoms with Gasteiger partial charge in [-0.2, -0.15) is 4.98 Å². The third kappa shape index (κ3) is 3.85. The Morgan fingerprint density at radius 1 is 1.35 bits per heavy atom. The number of rotatable bonds is 5. The zero-order valence-corrected chi connectivity index (χ0v) is 15.2. The number of H-pyrrole nitrogens is 1. The molecule has 8 nitrogen and oxygen atoms in total. The van der Waals surface area contributed by atoms with Crippen LogP contribution in [0.5, 0.6) is 0 Å². The topological polar surface area (TPSA) is 110 Å². The normalized spacial score (nSPS) is 16.6. The average Bonchev–Trinajstić information content (AvgIpc) is 3.10. The maximum Gasteiger partial charge on any atom is 0.261 e. The average molecular weight is 360 g/mol. The van der Waals surface area contributed by atoms with E-state index in [0.717, 1.165) is 12.8 Å². The fourth-order valence-corrected chi connectivity index (χ4v) is 3.11. The molecule has 2 N–H and O–H groups in total. The van der Waals surface area contributed by atoms with E-state index < -0.39 is 17.5 Å². The van der Waals surface area contributed by atoms with Crippen LogP contribution in [0.3, 0.4) is 0 Å². The summed E-state index contributed by atoms with van der Waals surface area (Å²) in [6, 6.07) is 1.24. The monoisotopic (exact) mass is 360 g/mol. The Hall–Kier alpha value is -2.48. The molecule has 1 fully saturated rings. The lowest BCUT2D eigenvalue weighted by atomic mass is 9.91. The molecule has 140 valence electrons. The van der Waals surface area contributed by atoms with Crippen LogP contribution in [0.4, 0.5) is 0 Å². The number of nitrogens with zero attached hydrogens (tertiary/aromatic N) is 2. The molecule has 0 bridgehead atoms. The second kappa shape index (κ2) is 7.82. The van der Waals surface area contributed by atoms with Gasteiger partial charge in [0.2, 0.25) is 5.89 Å². The van der Waals surface area contributed by atoms with Crippen LogP contribution in [-0.2, 0) is 4.74 Å². The van der Waals surface area contributed by atoms with E-state index in [2.05, 4.69) is 20.4 Å². The maximum absolute atomic E-state index is 12.8. The summed E-state index contributed by atoms with van der Waals surface area (Å²) < 4.78 is 10.9. The molecule has 0 spiro atoms. The minimum atomic E-state index is -0.453. The Morgan fingerprint density at radius 3 is 2.69 bits per heavy atom. The minimum absolute atomic E-state index is 0.105. The molecule has 1 amide bonds. The van der Waals surface area contributed by atoms with E-state index in [1.54, 1.807) is 13.0 Å². The quantitative estimate of drug-likeness (QED) is 0.845. The molecule has 26 heavy (non-hydrogen) atoms. The zero-order valence-electron chi connectivity index (χ0n) is 15.2. The van der Waals surface area contributed by atoms with E-state index in [0.29, 0.717) is 30.5 Å². The van der Waals surface area contributed by atoms with Gasteiger partial charge >= 0.3 is 0 Å². The number of carbonyl (C=O) groups excluding carboxylic acids is 1. The number of hydrogen-bond acceptors (Lipinski definition) is 6. The van der Waals surface area contributed by atoms with Crippen LogP contribution in [0.1, 0.15) is 66.3 Å². The number of aromatic amines is 1. The Bertz CT molecular complexity index is 821. The third-order valence-corrected chi connectivity index (χ3v) is 4.66. The molecular formula is C18H24N4O4. The van der Waals surface area contributed by atoms with Crippen LogP contribution in [0, 0.1) is 12.8 Å². The Balaban J connectivity index is 1.90. The minimum Gasteiger partial charge on any atom is -0.381 e. The lowest BCUT2D eigenvalue weighted by Gasteiger charge is -2.28. The van der Waals surface area contributed by atoms with E-state index >= 15 is 0 Å². The molecular weight excluding hydrogens is 336 g/mol. The van der Waals surface area contributed by atoms with Crippen molar-refractivity contribution in [3.8, 4) is 0 Å². The number of hydrogen-bond donors (Lipinski definition) is 2. The highest BCUT2D eigenvalue weighted by Crippen LogP contribution is 2.30. The van der Waals surface area contributed by atoms with Crippen LogP contribution in [0.25, 0.3) is 0 Å². The highest BCUT2D eigenvalue weighted by Gasteiger charge is 2.32. The van der Waals surface area contributed by atoms with E-state index in [-0.39, 0.29) is 17.4 Å². The first-order chi connectivity index (χ1) is 12.5. The molecule has 1 unspecified atom stereocenters. The molecule has 0 radical (unpaired) electrons. The Labute approximate surface area is 151 Å². The van der Waals surface area contributed by atoms with Gasteiger partial charge < -0.3 is 19.6 Å². The van der Waals surface area contributed by atoms with Gasteiger partial charge in [0.15, 0.2) is 5.82 Å². The van der Waals surface area contributed by atoms with Gasteiger partial charge in [-0.3, -0.25) is 9.59 Å². The largest absolute Gasteiger partial charge is 0.381 e. The van der Waals surface area contributed by atoms with Gasteiger partial charge in [0.1, 0.15) is 11.6 Å². The van der Waals surface area contributed by atoms with Crippen molar-refractivity contribution in [2.45, 2.75) is 45.6 Å². The summed E-state index contributed by atoms with van der Waals surface area (Å²) in [6.07, 6.45) is 3.07. The summed E-state index contributed by atoms with van der Waals surface area (Å²) >= 11 is 0. The second-order valence-electron chi connectivity index (χ2n) is 6.91. The number of carbonyl (C=O) groups is 1. The van der Waals surface area contributed by atoms with Crippen molar-refractivity contribution >= 4 is 5.91 Å². The van der Waals surface area contributed by atoms with Gasteiger partial charge in [-0.15, -0.1) is 0 Å². The fourth-order valence-electron chi connectivity index (χ4n) is 3.11. The number of nitrogens with one attached hydrogen (secondary N) is 2. The smallest absolute Gasteiger partial charge is 0.261 e. The number of pyridine rings is 1. The highest BCUT2D eigenvalue weighted by atomic mass is 16.5. The number of ether oxygens (including phenoxy) is 1. The van der Waals surface area contributed by atoms with Gasteiger partial charge in [-0.05, 0) is 37.3 Å². The summed E-state index contributed by atoms with van der Waals surface area (Å²) in [5.74, 6) is 0.762. The zero-order chi connectivity index (χ0) is 18.7. The Kier molecular flexibility index (Phi) is 5.51. The fraction of sp³-hybridized carbons (Fsp3) is 0.556. The summed E-state index contributed by atoms with van der Waals surface area (Å²) in [5, 5.41) is 6.95. The lowest BCUT2D eigenvalue weighted by Crippen LogP contribution is -2.38. The van der Waals surface area contributed by atoms with Gasteiger partial charge in [0, 0.05) is 25.3 Å². The van der Waals surface area contributed by atoms with Gasteiger partial charge in [-0.1, -0.05) is 19.0 Å². The van der Waals surface area contributed by atoms with Crippen LogP contribution in [0.2, 0.25) is 0 Å². The first kappa shape index (κ1) is 18.3. The maximum atomic E-state index is 12.8. The predicted octanol–water partition coefficient (Wildman–Crippen LogP) is 2.09. The van der Waals surface area contributed by atoms with E-state index in [1.165, 1.54) is 6.20 Å².